The second-order valence-corrected chi connectivity index (χ2v) is 4.16. The van der Waals surface area contributed by atoms with Crippen molar-refractivity contribution in [1.82, 2.24) is 0 Å². The molecule has 0 radical (unpaired) electrons. The molecular weight excluding hydrogens is 195 g/mol. The molecule has 2 aromatic rings. The van der Waals surface area contributed by atoms with Crippen molar-refractivity contribution in [2.24, 2.45) is 0 Å². The highest BCUT2D eigenvalue weighted by atomic mass is 16.5. The normalized spacial score (nSPS) is 10.1. The van der Waals surface area contributed by atoms with Gasteiger partial charge in [-0.15, -0.1) is 0 Å². The zero-order valence-corrected chi connectivity index (χ0v) is 9.95. The lowest BCUT2D eigenvalue weighted by Gasteiger charge is -2.08. The standard InChI is InChI=1S/C14H15BO/c1-10-3-6-14(9-11(10)2)16-13-7-4-12(15)5-8-13/h3-9H,15H2,1-2H3. The fourth-order valence-electron chi connectivity index (χ4n) is 1.52. The average molecular weight is 210 g/mol. The van der Waals surface area contributed by atoms with Crippen LogP contribution in [-0.2, 0) is 0 Å². The van der Waals surface area contributed by atoms with E-state index in [1.165, 1.54) is 16.6 Å². The van der Waals surface area contributed by atoms with Crippen molar-refractivity contribution in [2.75, 3.05) is 0 Å². The van der Waals surface area contributed by atoms with Crippen molar-refractivity contribution in [3.8, 4) is 11.5 Å². The quantitative estimate of drug-likeness (QED) is 0.691. The summed E-state index contributed by atoms with van der Waals surface area (Å²) in [5.41, 5.74) is 3.79. The smallest absolute Gasteiger partial charge is 0.139 e. The van der Waals surface area contributed by atoms with Gasteiger partial charge in [-0.1, -0.05) is 23.7 Å². The molecule has 2 aromatic carbocycles. The SMILES string of the molecule is Bc1ccc(Oc2ccc(C)c(C)c2)cc1. The van der Waals surface area contributed by atoms with Gasteiger partial charge in [-0.3, -0.25) is 0 Å². The van der Waals surface area contributed by atoms with Crippen LogP contribution in [0.15, 0.2) is 42.5 Å². The molecular formula is C14H15BO. The third-order valence-corrected chi connectivity index (χ3v) is 2.74. The van der Waals surface area contributed by atoms with E-state index in [9.17, 15) is 0 Å². The predicted molar refractivity (Wildman–Crippen MR) is 70.6 cm³/mol. The van der Waals surface area contributed by atoms with Crippen LogP contribution in [0.25, 0.3) is 0 Å². The van der Waals surface area contributed by atoms with Gasteiger partial charge < -0.3 is 4.74 Å². The zero-order chi connectivity index (χ0) is 11.5. The molecule has 0 bridgehead atoms. The highest BCUT2D eigenvalue weighted by Crippen LogP contribution is 2.22. The lowest BCUT2D eigenvalue weighted by atomic mass is 9.97. The lowest BCUT2D eigenvalue weighted by Crippen LogP contribution is -1.99. The summed E-state index contributed by atoms with van der Waals surface area (Å²) in [6.45, 7) is 4.20. The fourth-order valence-corrected chi connectivity index (χ4v) is 1.52. The lowest BCUT2D eigenvalue weighted by molar-refractivity contribution is 0.482. The molecule has 0 fully saturated rings. The molecule has 0 unspecified atom stereocenters. The molecule has 0 saturated carbocycles. The summed E-state index contributed by atoms with van der Waals surface area (Å²) in [4.78, 5) is 0. The molecule has 80 valence electrons. The van der Waals surface area contributed by atoms with E-state index >= 15 is 0 Å². The van der Waals surface area contributed by atoms with Crippen molar-refractivity contribution < 1.29 is 4.74 Å². The topological polar surface area (TPSA) is 9.23 Å². The Labute approximate surface area is 97.5 Å². The zero-order valence-electron chi connectivity index (χ0n) is 9.95. The fraction of sp³-hybridized carbons (Fsp3) is 0.143. The molecule has 0 aliphatic heterocycles. The van der Waals surface area contributed by atoms with Crippen molar-refractivity contribution in [3.63, 3.8) is 0 Å². The van der Waals surface area contributed by atoms with Crippen LogP contribution in [0.3, 0.4) is 0 Å². The molecule has 0 N–H and O–H groups in total. The molecule has 0 spiro atoms. The van der Waals surface area contributed by atoms with Gasteiger partial charge in [-0.05, 0) is 49.2 Å². The largest absolute Gasteiger partial charge is 0.457 e. The summed E-state index contributed by atoms with van der Waals surface area (Å²) in [7, 11) is 2.07. The van der Waals surface area contributed by atoms with Gasteiger partial charge >= 0.3 is 0 Å². The minimum Gasteiger partial charge on any atom is -0.457 e. The molecule has 1 nitrogen and oxygen atoms in total. The first-order valence-corrected chi connectivity index (χ1v) is 5.47. The van der Waals surface area contributed by atoms with E-state index in [0.717, 1.165) is 11.5 Å². The number of aryl methyl sites for hydroxylation is 2. The van der Waals surface area contributed by atoms with E-state index in [0.29, 0.717) is 0 Å². The number of hydrogen-bond acceptors (Lipinski definition) is 1. The Morgan fingerprint density at radius 3 is 2.06 bits per heavy atom. The maximum atomic E-state index is 5.77. The Morgan fingerprint density at radius 1 is 0.812 bits per heavy atom. The van der Waals surface area contributed by atoms with Crippen LogP contribution in [-0.4, -0.2) is 7.85 Å². The van der Waals surface area contributed by atoms with Gasteiger partial charge in [0.25, 0.3) is 0 Å². The Kier molecular flexibility index (Phi) is 3.00. The number of hydrogen-bond donors (Lipinski definition) is 0. The van der Waals surface area contributed by atoms with E-state index in [2.05, 4.69) is 46.0 Å². The van der Waals surface area contributed by atoms with E-state index in [1.54, 1.807) is 0 Å². The minimum absolute atomic E-state index is 0.883. The molecule has 2 rings (SSSR count). The third kappa shape index (κ3) is 2.46. The van der Waals surface area contributed by atoms with Gasteiger partial charge in [0.15, 0.2) is 0 Å². The van der Waals surface area contributed by atoms with E-state index in [4.69, 9.17) is 4.74 Å². The number of rotatable bonds is 2. The van der Waals surface area contributed by atoms with Crippen LogP contribution in [0.2, 0.25) is 0 Å². The number of benzene rings is 2. The second-order valence-electron chi connectivity index (χ2n) is 4.16. The molecule has 0 amide bonds. The first-order valence-electron chi connectivity index (χ1n) is 5.47. The van der Waals surface area contributed by atoms with Gasteiger partial charge in [0.05, 0.1) is 0 Å². The van der Waals surface area contributed by atoms with Crippen LogP contribution >= 0.6 is 0 Å². The van der Waals surface area contributed by atoms with Gasteiger partial charge in [0, 0.05) is 0 Å². The van der Waals surface area contributed by atoms with Crippen LogP contribution in [0, 0.1) is 13.8 Å². The molecule has 2 heteroatoms. The van der Waals surface area contributed by atoms with Crippen LogP contribution in [0.1, 0.15) is 11.1 Å². The van der Waals surface area contributed by atoms with Crippen molar-refractivity contribution in [3.05, 3.63) is 53.6 Å². The summed E-state index contributed by atoms with van der Waals surface area (Å²) in [6.07, 6.45) is 0. The monoisotopic (exact) mass is 210 g/mol. The number of ether oxygens (including phenoxy) is 1. The van der Waals surface area contributed by atoms with Gasteiger partial charge in [-0.25, -0.2) is 0 Å². The van der Waals surface area contributed by atoms with Gasteiger partial charge in [-0.2, -0.15) is 0 Å². The Bertz CT molecular complexity index is 489. The first kappa shape index (κ1) is 10.8. The summed E-state index contributed by atoms with van der Waals surface area (Å²) in [5, 5.41) is 0. The van der Waals surface area contributed by atoms with Gasteiger partial charge in [0.2, 0.25) is 0 Å². The first-order chi connectivity index (χ1) is 7.65. The van der Waals surface area contributed by atoms with E-state index in [-0.39, 0.29) is 0 Å². The molecule has 0 atom stereocenters. The predicted octanol–water partition coefficient (Wildman–Crippen LogP) is 2.35. The van der Waals surface area contributed by atoms with Gasteiger partial charge in [0.1, 0.15) is 19.3 Å². The van der Waals surface area contributed by atoms with Crippen molar-refractivity contribution in [2.45, 2.75) is 13.8 Å². The molecule has 0 aliphatic carbocycles. The minimum atomic E-state index is 0.883. The highest BCUT2D eigenvalue weighted by molar-refractivity contribution is 6.32. The molecule has 0 aliphatic rings. The highest BCUT2D eigenvalue weighted by Gasteiger charge is 1.99. The summed E-state index contributed by atoms with van der Waals surface area (Å²) in [5.74, 6) is 1.78. The van der Waals surface area contributed by atoms with E-state index in [1.807, 2.05) is 18.2 Å². The summed E-state index contributed by atoms with van der Waals surface area (Å²) >= 11 is 0. The average Bonchev–Trinajstić information content (AvgIpc) is 2.27. The second kappa shape index (κ2) is 4.44. The molecule has 16 heavy (non-hydrogen) atoms. The Hall–Kier alpha value is -1.70. The maximum absolute atomic E-state index is 5.77. The third-order valence-electron chi connectivity index (χ3n) is 2.74. The maximum Gasteiger partial charge on any atom is 0.139 e. The van der Waals surface area contributed by atoms with Crippen molar-refractivity contribution in [1.29, 1.82) is 0 Å². The van der Waals surface area contributed by atoms with Crippen LogP contribution < -0.4 is 10.2 Å². The Morgan fingerprint density at radius 2 is 1.44 bits per heavy atom. The van der Waals surface area contributed by atoms with Crippen LogP contribution in [0.4, 0.5) is 0 Å². The van der Waals surface area contributed by atoms with E-state index < -0.39 is 0 Å². The molecule has 0 saturated heterocycles. The van der Waals surface area contributed by atoms with Crippen LogP contribution in [0.5, 0.6) is 11.5 Å². The molecule has 0 aromatic heterocycles. The van der Waals surface area contributed by atoms with Crippen molar-refractivity contribution >= 4 is 13.3 Å². The molecule has 0 heterocycles. The Balaban J connectivity index is 2.20. The summed E-state index contributed by atoms with van der Waals surface area (Å²) in [6, 6.07) is 14.2. The summed E-state index contributed by atoms with van der Waals surface area (Å²) < 4.78 is 5.77.